The minimum absolute atomic E-state index is 0.839. The molecule has 0 atom stereocenters. The molecular weight excluding hydrogens is 418 g/mol. The van der Waals surface area contributed by atoms with E-state index in [-0.39, 0.29) is 0 Å². The molecule has 0 amide bonds. The average molecular weight is 436 g/mol. The van der Waals surface area contributed by atoms with E-state index in [9.17, 15) is 0 Å². The van der Waals surface area contributed by atoms with E-state index in [2.05, 4.69) is 98.3 Å². The molecule has 134 valence electrons. The highest BCUT2D eigenvalue weighted by molar-refractivity contribution is 9.10. The lowest BCUT2D eigenvalue weighted by Crippen LogP contribution is -1.99. The van der Waals surface area contributed by atoms with E-state index in [1.54, 1.807) is 11.8 Å². The standard InChI is InChI=1S/C22H18BrN3S/c1-16-7-11-18(12-8-16)21-24-25-22(26(21)20-5-3-2-4-6-20)27-15-17-9-13-19(23)14-10-17/h2-14H,15H2,1H3. The van der Waals surface area contributed by atoms with Crippen molar-refractivity contribution in [1.82, 2.24) is 14.8 Å². The van der Waals surface area contributed by atoms with Gasteiger partial charge in [0.05, 0.1) is 0 Å². The molecule has 0 aliphatic rings. The highest BCUT2D eigenvalue weighted by atomic mass is 79.9. The molecule has 0 aliphatic heterocycles. The van der Waals surface area contributed by atoms with Crippen molar-refractivity contribution in [2.45, 2.75) is 17.8 Å². The number of rotatable bonds is 5. The zero-order valence-electron chi connectivity index (χ0n) is 14.8. The fourth-order valence-corrected chi connectivity index (χ4v) is 3.96. The van der Waals surface area contributed by atoms with E-state index < -0.39 is 0 Å². The first-order valence-corrected chi connectivity index (χ1v) is 10.4. The summed E-state index contributed by atoms with van der Waals surface area (Å²) < 4.78 is 3.22. The summed E-state index contributed by atoms with van der Waals surface area (Å²) in [5.74, 6) is 1.70. The van der Waals surface area contributed by atoms with Crippen molar-refractivity contribution in [3.63, 3.8) is 0 Å². The SMILES string of the molecule is Cc1ccc(-c2nnc(SCc3ccc(Br)cc3)n2-c2ccccc2)cc1. The van der Waals surface area contributed by atoms with Gasteiger partial charge in [-0.3, -0.25) is 4.57 Å². The van der Waals surface area contributed by atoms with Crippen LogP contribution in [0.25, 0.3) is 17.1 Å². The van der Waals surface area contributed by atoms with Crippen molar-refractivity contribution in [2.75, 3.05) is 0 Å². The molecule has 0 unspecified atom stereocenters. The predicted octanol–water partition coefficient (Wildman–Crippen LogP) is 6.30. The van der Waals surface area contributed by atoms with Crippen LogP contribution in [-0.2, 0) is 5.75 Å². The Labute approximate surface area is 171 Å². The van der Waals surface area contributed by atoms with Crippen LogP contribution in [0, 0.1) is 6.92 Å². The maximum atomic E-state index is 4.50. The van der Waals surface area contributed by atoms with Gasteiger partial charge in [-0.2, -0.15) is 0 Å². The van der Waals surface area contributed by atoms with Gasteiger partial charge in [-0.1, -0.05) is 87.9 Å². The van der Waals surface area contributed by atoms with Gasteiger partial charge in [0.25, 0.3) is 0 Å². The topological polar surface area (TPSA) is 30.7 Å². The number of benzene rings is 3. The quantitative estimate of drug-likeness (QED) is 0.344. The first-order chi connectivity index (χ1) is 13.2. The van der Waals surface area contributed by atoms with E-state index in [0.29, 0.717) is 0 Å². The zero-order chi connectivity index (χ0) is 18.6. The molecule has 1 heterocycles. The Kier molecular flexibility index (Phi) is 5.41. The van der Waals surface area contributed by atoms with Crippen LogP contribution in [0.5, 0.6) is 0 Å². The lowest BCUT2D eigenvalue weighted by Gasteiger charge is -2.10. The average Bonchev–Trinajstić information content (AvgIpc) is 3.13. The van der Waals surface area contributed by atoms with Crippen molar-refractivity contribution in [3.05, 3.63) is 94.5 Å². The van der Waals surface area contributed by atoms with Crippen LogP contribution in [0.15, 0.2) is 88.5 Å². The van der Waals surface area contributed by atoms with Crippen LogP contribution in [0.1, 0.15) is 11.1 Å². The van der Waals surface area contributed by atoms with Crippen LogP contribution < -0.4 is 0 Å². The van der Waals surface area contributed by atoms with Gasteiger partial charge in [-0.25, -0.2) is 0 Å². The van der Waals surface area contributed by atoms with E-state index in [1.165, 1.54) is 11.1 Å². The second-order valence-electron chi connectivity index (χ2n) is 6.26. The number of halogens is 1. The van der Waals surface area contributed by atoms with Crippen LogP contribution in [0.3, 0.4) is 0 Å². The third-order valence-electron chi connectivity index (χ3n) is 4.24. The van der Waals surface area contributed by atoms with Crippen LogP contribution in [0.4, 0.5) is 0 Å². The van der Waals surface area contributed by atoms with Crippen molar-refractivity contribution < 1.29 is 0 Å². The van der Waals surface area contributed by atoms with Gasteiger partial charge in [0.1, 0.15) is 0 Å². The van der Waals surface area contributed by atoms with Gasteiger partial charge in [0.15, 0.2) is 11.0 Å². The normalized spacial score (nSPS) is 10.9. The molecule has 0 saturated carbocycles. The molecule has 0 bridgehead atoms. The summed E-state index contributed by atoms with van der Waals surface area (Å²) in [7, 11) is 0. The molecule has 3 aromatic carbocycles. The molecule has 1 aromatic heterocycles. The number of thioether (sulfide) groups is 1. The summed E-state index contributed by atoms with van der Waals surface area (Å²) in [5, 5.41) is 9.88. The molecule has 0 saturated heterocycles. The molecule has 27 heavy (non-hydrogen) atoms. The number of hydrogen-bond acceptors (Lipinski definition) is 3. The van der Waals surface area contributed by atoms with Gasteiger partial charge in [-0.05, 0) is 36.8 Å². The highest BCUT2D eigenvalue weighted by Gasteiger charge is 2.16. The minimum Gasteiger partial charge on any atom is -0.270 e. The van der Waals surface area contributed by atoms with E-state index in [0.717, 1.165) is 32.5 Å². The fourth-order valence-electron chi connectivity index (χ4n) is 2.79. The molecular formula is C22H18BrN3S. The Bertz CT molecular complexity index is 1030. The van der Waals surface area contributed by atoms with Crippen molar-refractivity contribution in [3.8, 4) is 17.1 Å². The lowest BCUT2D eigenvalue weighted by atomic mass is 10.1. The summed E-state index contributed by atoms with van der Waals surface area (Å²) in [4.78, 5) is 0. The number of aromatic nitrogens is 3. The summed E-state index contributed by atoms with van der Waals surface area (Å²) in [5.41, 5.74) is 4.61. The number of aryl methyl sites for hydroxylation is 1. The van der Waals surface area contributed by atoms with Crippen LogP contribution in [-0.4, -0.2) is 14.8 Å². The third-order valence-corrected chi connectivity index (χ3v) is 5.77. The fraction of sp³-hybridized carbons (Fsp3) is 0.0909. The first-order valence-electron chi connectivity index (χ1n) is 8.66. The number of nitrogens with zero attached hydrogens (tertiary/aromatic N) is 3. The molecule has 0 N–H and O–H groups in total. The molecule has 0 spiro atoms. The highest BCUT2D eigenvalue weighted by Crippen LogP contribution is 2.30. The second kappa shape index (κ2) is 8.11. The van der Waals surface area contributed by atoms with Gasteiger partial charge in [0.2, 0.25) is 0 Å². The number of para-hydroxylation sites is 1. The van der Waals surface area contributed by atoms with Crippen molar-refractivity contribution in [2.24, 2.45) is 0 Å². The molecule has 0 radical (unpaired) electrons. The Morgan fingerprint density at radius 1 is 0.852 bits per heavy atom. The van der Waals surface area contributed by atoms with Gasteiger partial charge in [0, 0.05) is 21.5 Å². The maximum Gasteiger partial charge on any atom is 0.196 e. The first kappa shape index (κ1) is 18.0. The Hall–Kier alpha value is -2.37. The smallest absolute Gasteiger partial charge is 0.196 e. The van der Waals surface area contributed by atoms with Gasteiger partial charge in [-0.15, -0.1) is 10.2 Å². The third kappa shape index (κ3) is 4.15. The van der Waals surface area contributed by atoms with E-state index in [1.807, 2.05) is 18.2 Å². The maximum absolute atomic E-state index is 4.50. The predicted molar refractivity (Wildman–Crippen MR) is 115 cm³/mol. The molecule has 0 fully saturated rings. The Balaban J connectivity index is 1.71. The van der Waals surface area contributed by atoms with E-state index in [4.69, 9.17) is 0 Å². The van der Waals surface area contributed by atoms with Gasteiger partial charge >= 0.3 is 0 Å². The summed E-state index contributed by atoms with van der Waals surface area (Å²) in [6.45, 7) is 2.09. The Morgan fingerprint density at radius 3 is 2.26 bits per heavy atom. The van der Waals surface area contributed by atoms with Crippen LogP contribution >= 0.6 is 27.7 Å². The largest absolute Gasteiger partial charge is 0.270 e. The second-order valence-corrected chi connectivity index (χ2v) is 8.12. The molecule has 5 heteroatoms. The zero-order valence-corrected chi connectivity index (χ0v) is 17.2. The molecule has 3 nitrogen and oxygen atoms in total. The lowest BCUT2D eigenvalue weighted by molar-refractivity contribution is 0.886. The van der Waals surface area contributed by atoms with E-state index >= 15 is 0 Å². The number of hydrogen-bond donors (Lipinski definition) is 0. The molecule has 4 aromatic rings. The minimum atomic E-state index is 0.839. The van der Waals surface area contributed by atoms with Crippen molar-refractivity contribution in [1.29, 1.82) is 0 Å². The monoisotopic (exact) mass is 435 g/mol. The van der Waals surface area contributed by atoms with Gasteiger partial charge < -0.3 is 0 Å². The molecule has 4 rings (SSSR count). The molecule has 0 aliphatic carbocycles. The summed E-state index contributed by atoms with van der Waals surface area (Å²) in [6.07, 6.45) is 0. The summed E-state index contributed by atoms with van der Waals surface area (Å²) in [6, 6.07) is 27.1. The Morgan fingerprint density at radius 2 is 1.56 bits per heavy atom. The summed E-state index contributed by atoms with van der Waals surface area (Å²) >= 11 is 5.18. The van der Waals surface area contributed by atoms with Crippen LogP contribution in [0.2, 0.25) is 0 Å². The van der Waals surface area contributed by atoms with Crippen molar-refractivity contribution >= 4 is 27.7 Å².